The van der Waals surface area contributed by atoms with E-state index in [-0.39, 0.29) is 17.7 Å². The summed E-state index contributed by atoms with van der Waals surface area (Å²) in [6.45, 7) is 1.94. The van der Waals surface area contributed by atoms with E-state index in [4.69, 9.17) is 4.74 Å². The molecule has 3 aliphatic rings. The topological polar surface area (TPSA) is 100 Å². The molecule has 2 heterocycles. The highest BCUT2D eigenvalue weighted by molar-refractivity contribution is 8.14. The van der Waals surface area contributed by atoms with Crippen LogP contribution in [0.5, 0.6) is 0 Å². The van der Waals surface area contributed by atoms with Gasteiger partial charge in [0, 0.05) is 38.5 Å². The molecular weight excluding hydrogens is 380 g/mol. The lowest BCUT2D eigenvalue weighted by Gasteiger charge is -2.31. The van der Waals surface area contributed by atoms with E-state index < -0.39 is 17.7 Å². The van der Waals surface area contributed by atoms with Crippen LogP contribution in [0.3, 0.4) is 0 Å². The van der Waals surface area contributed by atoms with Gasteiger partial charge in [0.2, 0.25) is 11.7 Å². The molecule has 0 spiro atoms. The summed E-state index contributed by atoms with van der Waals surface area (Å²) in [5, 5.41) is 7.66. The number of amidine groups is 1. The number of Topliss-reactive ketones (excluding diaryl/α,β-unsaturated/α-hetero) is 1. The van der Waals surface area contributed by atoms with Crippen LogP contribution in [-0.2, 0) is 19.1 Å². The van der Waals surface area contributed by atoms with Gasteiger partial charge in [-0.2, -0.15) is 0 Å². The zero-order valence-corrected chi connectivity index (χ0v) is 17.3. The standard InChI is InChI=1S/C19H30N4O4S/c1-23-9-12-28-19(23)22-21-18(26)16(24)15(13-7-10-27-11-8-13)20-17(25)14-5-3-2-4-6-14/h13-15H,2-12H2,1H3,(H,20,25)(H,21,26)/b22-19+. The average Bonchev–Trinajstić information content (AvgIpc) is 3.15. The van der Waals surface area contributed by atoms with Gasteiger partial charge in [0.1, 0.15) is 6.04 Å². The fraction of sp³-hybridized carbons (Fsp3) is 0.789. The first-order valence-electron chi connectivity index (χ1n) is 10.2. The van der Waals surface area contributed by atoms with E-state index in [1.54, 1.807) is 0 Å². The number of thioether (sulfide) groups is 1. The third-order valence-corrected chi connectivity index (χ3v) is 6.80. The highest BCUT2D eigenvalue weighted by atomic mass is 32.2. The second-order valence-electron chi connectivity index (χ2n) is 7.74. The summed E-state index contributed by atoms with van der Waals surface area (Å²) in [5.74, 6) is -0.734. The summed E-state index contributed by atoms with van der Waals surface area (Å²) in [6.07, 6.45) is 6.24. The van der Waals surface area contributed by atoms with E-state index >= 15 is 0 Å². The van der Waals surface area contributed by atoms with Crippen molar-refractivity contribution in [3.05, 3.63) is 0 Å². The van der Waals surface area contributed by atoms with E-state index in [9.17, 15) is 14.4 Å². The fourth-order valence-corrected chi connectivity index (χ4v) is 4.94. The van der Waals surface area contributed by atoms with Crippen molar-refractivity contribution in [3.63, 3.8) is 0 Å². The van der Waals surface area contributed by atoms with Crippen molar-refractivity contribution in [3.8, 4) is 0 Å². The predicted molar refractivity (Wildman–Crippen MR) is 108 cm³/mol. The van der Waals surface area contributed by atoms with Crippen molar-refractivity contribution in [2.75, 3.05) is 32.6 Å². The molecule has 28 heavy (non-hydrogen) atoms. The van der Waals surface area contributed by atoms with Crippen molar-refractivity contribution in [1.82, 2.24) is 15.6 Å². The van der Waals surface area contributed by atoms with Gasteiger partial charge in [0.05, 0.1) is 0 Å². The zero-order valence-electron chi connectivity index (χ0n) is 16.4. The Morgan fingerprint density at radius 3 is 2.50 bits per heavy atom. The van der Waals surface area contributed by atoms with Crippen molar-refractivity contribution < 1.29 is 19.1 Å². The van der Waals surface area contributed by atoms with Gasteiger partial charge in [-0.25, -0.2) is 5.43 Å². The number of hydrazone groups is 1. The molecule has 9 heteroatoms. The third-order valence-electron chi connectivity index (χ3n) is 5.75. The number of amides is 2. The number of ether oxygens (including phenoxy) is 1. The molecule has 1 unspecified atom stereocenters. The first-order chi connectivity index (χ1) is 13.6. The molecule has 2 N–H and O–H groups in total. The van der Waals surface area contributed by atoms with Crippen LogP contribution in [-0.4, -0.2) is 66.3 Å². The predicted octanol–water partition coefficient (Wildman–Crippen LogP) is 1.11. The summed E-state index contributed by atoms with van der Waals surface area (Å²) in [5.41, 5.74) is 2.38. The molecule has 156 valence electrons. The van der Waals surface area contributed by atoms with E-state index in [1.165, 1.54) is 11.8 Å². The van der Waals surface area contributed by atoms with Gasteiger partial charge in [0.15, 0.2) is 5.17 Å². The largest absolute Gasteiger partial charge is 0.381 e. The maximum absolute atomic E-state index is 12.9. The van der Waals surface area contributed by atoms with Gasteiger partial charge in [-0.3, -0.25) is 14.4 Å². The van der Waals surface area contributed by atoms with Gasteiger partial charge in [-0.1, -0.05) is 31.0 Å². The molecule has 1 saturated carbocycles. The molecule has 0 radical (unpaired) electrons. The number of rotatable bonds is 6. The van der Waals surface area contributed by atoms with E-state index in [1.807, 2.05) is 11.9 Å². The van der Waals surface area contributed by atoms with Gasteiger partial charge in [-0.05, 0) is 31.6 Å². The molecular formula is C19H30N4O4S. The highest BCUT2D eigenvalue weighted by Crippen LogP contribution is 2.25. The van der Waals surface area contributed by atoms with Crippen LogP contribution < -0.4 is 10.7 Å². The quantitative estimate of drug-likeness (QED) is 0.503. The Morgan fingerprint density at radius 1 is 1.14 bits per heavy atom. The van der Waals surface area contributed by atoms with Crippen LogP contribution in [0.25, 0.3) is 0 Å². The Hall–Kier alpha value is -1.61. The summed E-state index contributed by atoms with van der Waals surface area (Å²) < 4.78 is 5.38. The summed E-state index contributed by atoms with van der Waals surface area (Å²) in [4.78, 5) is 40.0. The zero-order chi connectivity index (χ0) is 19.9. The minimum Gasteiger partial charge on any atom is -0.381 e. The number of carbonyl (C=O) groups excluding carboxylic acids is 3. The summed E-state index contributed by atoms with van der Waals surface area (Å²) in [7, 11) is 1.89. The lowest BCUT2D eigenvalue weighted by atomic mass is 9.85. The second-order valence-corrected chi connectivity index (χ2v) is 8.80. The molecule has 2 saturated heterocycles. The number of nitrogens with one attached hydrogen (secondary N) is 2. The second kappa shape index (κ2) is 10.2. The maximum Gasteiger partial charge on any atom is 0.309 e. The van der Waals surface area contributed by atoms with Crippen molar-refractivity contribution in [2.45, 2.75) is 51.0 Å². The molecule has 0 bridgehead atoms. The smallest absolute Gasteiger partial charge is 0.309 e. The van der Waals surface area contributed by atoms with Gasteiger partial charge in [0.25, 0.3) is 0 Å². The molecule has 2 amide bonds. The Labute approximate surface area is 170 Å². The fourth-order valence-electron chi connectivity index (χ4n) is 3.97. The van der Waals surface area contributed by atoms with E-state index in [2.05, 4.69) is 15.8 Å². The average molecular weight is 411 g/mol. The van der Waals surface area contributed by atoms with Crippen LogP contribution >= 0.6 is 11.8 Å². The Kier molecular flexibility index (Phi) is 7.73. The SMILES string of the molecule is CN1CCS/C1=N/NC(=O)C(=O)C(NC(=O)C1CCCCC1)C1CCOCC1. The summed E-state index contributed by atoms with van der Waals surface area (Å²) in [6, 6.07) is -0.813. The van der Waals surface area contributed by atoms with Gasteiger partial charge in [-0.15, -0.1) is 5.10 Å². The van der Waals surface area contributed by atoms with Crippen molar-refractivity contribution in [2.24, 2.45) is 16.9 Å². The lowest BCUT2D eigenvalue weighted by molar-refractivity contribution is -0.142. The van der Waals surface area contributed by atoms with Gasteiger partial charge >= 0.3 is 5.91 Å². The normalized spacial score (nSPS) is 24.2. The molecule has 0 aromatic rings. The van der Waals surface area contributed by atoms with Crippen LogP contribution in [0, 0.1) is 11.8 Å². The first-order valence-corrected chi connectivity index (χ1v) is 11.2. The van der Waals surface area contributed by atoms with E-state index in [0.717, 1.165) is 44.4 Å². The Bertz CT molecular complexity index is 615. The van der Waals surface area contributed by atoms with Crippen molar-refractivity contribution in [1.29, 1.82) is 0 Å². The highest BCUT2D eigenvalue weighted by Gasteiger charge is 2.36. The number of ketones is 1. The van der Waals surface area contributed by atoms with Crippen LogP contribution in [0.15, 0.2) is 5.10 Å². The first kappa shape index (κ1) is 21.1. The number of hydrogen-bond acceptors (Lipinski definition) is 6. The van der Waals surface area contributed by atoms with Gasteiger partial charge < -0.3 is 15.0 Å². The molecule has 3 rings (SSSR count). The maximum atomic E-state index is 12.9. The number of carbonyl (C=O) groups is 3. The minimum absolute atomic E-state index is 0.0595. The number of hydrogen-bond donors (Lipinski definition) is 2. The minimum atomic E-state index is -0.813. The third kappa shape index (κ3) is 5.47. The molecule has 3 fully saturated rings. The van der Waals surface area contributed by atoms with Crippen LogP contribution in [0.1, 0.15) is 44.9 Å². The Balaban J connectivity index is 1.65. The van der Waals surface area contributed by atoms with Crippen molar-refractivity contribution >= 4 is 34.5 Å². The Morgan fingerprint density at radius 2 is 1.86 bits per heavy atom. The molecule has 8 nitrogen and oxygen atoms in total. The molecule has 2 aliphatic heterocycles. The van der Waals surface area contributed by atoms with Crippen LogP contribution in [0.4, 0.5) is 0 Å². The molecule has 0 aromatic carbocycles. The van der Waals surface area contributed by atoms with Crippen LogP contribution in [0.2, 0.25) is 0 Å². The monoisotopic (exact) mass is 410 g/mol. The molecule has 1 atom stereocenters. The number of nitrogens with zero attached hydrogens (tertiary/aromatic N) is 2. The lowest BCUT2D eigenvalue weighted by Crippen LogP contribution is -2.53. The molecule has 0 aromatic heterocycles. The molecule has 1 aliphatic carbocycles. The van der Waals surface area contributed by atoms with E-state index in [0.29, 0.717) is 31.2 Å². The summed E-state index contributed by atoms with van der Waals surface area (Å²) >= 11 is 1.53.